The second kappa shape index (κ2) is 9.08. The molecule has 0 radical (unpaired) electrons. The minimum atomic E-state index is -3.47. The maximum Gasteiger partial charge on any atom is 0.282 e. The topological polar surface area (TPSA) is 70.2 Å². The first kappa shape index (κ1) is 21.3. The number of piperazine rings is 1. The Labute approximate surface area is 179 Å². The number of amides is 1. The molecule has 0 bridgehead atoms. The van der Waals surface area contributed by atoms with Gasteiger partial charge in [0.15, 0.2) is 0 Å². The molecule has 0 spiro atoms. The van der Waals surface area contributed by atoms with Gasteiger partial charge in [0.1, 0.15) is 5.75 Å². The molecule has 1 aromatic rings. The minimum absolute atomic E-state index is 0.0792. The van der Waals surface area contributed by atoms with Gasteiger partial charge in [-0.25, -0.2) is 0 Å². The van der Waals surface area contributed by atoms with Gasteiger partial charge in [-0.3, -0.25) is 4.79 Å². The van der Waals surface area contributed by atoms with E-state index in [0.717, 1.165) is 43.4 Å². The van der Waals surface area contributed by atoms with Crippen molar-refractivity contribution < 1.29 is 17.9 Å². The van der Waals surface area contributed by atoms with Crippen molar-refractivity contribution in [2.24, 2.45) is 0 Å². The van der Waals surface area contributed by atoms with Crippen LogP contribution in [0.4, 0.5) is 0 Å². The average Bonchev–Trinajstić information content (AvgIpc) is 3.25. The van der Waals surface area contributed by atoms with Gasteiger partial charge < -0.3 is 9.64 Å². The molecular weight excluding hydrogens is 402 g/mol. The molecule has 1 aliphatic carbocycles. The highest BCUT2D eigenvalue weighted by atomic mass is 32.2. The lowest BCUT2D eigenvalue weighted by Crippen LogP contribution is -2.55. The van der Waals surface area contributed by atoms with Gasteiger partial charge >= 0.3 is 0 Å². The van der Waals surface area contributed by atoms with E-state index in [-0.39, 0.29) is 11.9 Å². The SMILES string of the molecule is CN(C1CCCCC1)S(=O)(=O)N1CCN(C(=O)/C=C/c2ccc3c(c2)CCO3)CC1. The Balaban J connectivity index is 1.31. The number of hydrogen-bond donors (Lipinski definition) is 0. The van der Waals surface area contributed by atoms with Gasteiger partial charge in [-0.15, -0.1) is 0 Å². The largest absolute Gasteiger partial charge is 0.493 e. The Morgan fingerprint density at radius 2 is 1.87 bits per heavy atom. The molecule has 2 aliphatic heterocycles. The van der Waals surface area contributed by atoms with Crippen LogP contribution < -0.4 is 4.74 Å². The van der Waals surface area contributed by atoms with Crippen LogP contribution in [-0.2, 0) is 21.4 Å². The summed E-state index contributed by atoms with van der Waals surface area (Å²) >= 11 is 0. The van der Waals surface area contributed by atoms with Gasteiger partial charge in [0.25, 0.3) is 10.2 Å². The van der Waals surface area contributed by atoms with Crippen molar-refractivity contribution in [3.05, 3.63) is 35.4 Å². The van der Waals surface area contributed by atoms with Crippen LogP contribution in [0.3, 0.4) is 0 Å². The van der Waals surface area contributed by atoms with Gasteiger partial charge in [-0.2, -0.15) is 17.0 Å². The van der Waals surface area contributed by atoms with Crippen molar-refractivity contribution in [3.8, 4) is 5.75 Å². The summed E-state index contributed by atoms with van der Waals surface area (Å²) in [6.45, 7) is 2.23. The van der Waals surface area contributed by atoms with Crippen LogP contribution in [0.25, 0.3) is 6.08 Å². The maximum absolute atomic E-state index is 13.0. The first-order chi connectivity index (χ1) is 14.4. The molecule has 1 saturated heterocycles. The lowest BCUT2D eigenvalue weighted by molar-refractivity contribution is -0.127. The molecule has 7 nitrogen and oxygen atoms in total. The molecule has 30 heavy (non-hydrogen) atoms. The van der Waals surface area contributed by atoms with E-state index in [1.54, 1.807) is 22.3 Å². The standard InChI is InChI=1S/C22H31N3O4S/c1-23(20-5-3-2-4-6-20)30(27,28)25-14-12-24(13-15-25)22(26)10-8-18-7-9-21-19(17-18)11-16-29-21/h7-10,17,20H,2-6,11-16H2,1H3/b10-8+. The molecule has 3 aliphatic rings. The van der Waals surface area contributed by atoms with Crippen molar-refractivity contribution >= 4 is 22.2 Å². The zero-order chi connectivity index (χ0) is 21.1. The van der Waals surface area contributed by atoms with Crippen molar-refractivity contribution in [2.75, 3.05) is 39.8 Å². The van der Waals surface area contributed by atoms with Crippen molar-refractivity contribution in [1.29, 1.82) is 0 Å². The molecule has 1 aromatic carbocycles. The predicted molar refractivity (Wildman–Crippen MR) is 116 cm³/mol. The Kier molecular flexibility index (Phi) is 6.46. The molecule has 2 heterocycles. The van der Waals surface area contributed by atoms with Gasteiger partial charge in [0.05, 0.1) is 6.61 Å². The summed E-state index contributed by atoms with van der Waals surface area (Å²) in [5.74, 6) is 0.846. The predicted octanol–water partition coefficient (Wildman–Crippen LogP) is 2.29. The molecular formula is C22H31N3O4S. The normalized spacial score (nSPS) is 21.2. The van der Waals surface area contributed by atoms with Crippen LogP contribution in [0.2, 0.25) is 0 Å². The van der Waals surface area contributed by atoms with Crippen LogP contribution in [0.5, 0.6) is 5.75 Å². The van der Waals surface area contributed by atoms with Crippen LogP contribution in [0.15, 0.2) is 24.3 Å². The summed E-state index contributed by atoms with van der Waals surface area (Å²) in [6.07, 6.45) is 9.56. The van der Waals surface area contributed by atoms with Crippen LogP contribution in [-0.4, -0.2) is 73.7 Å². The van der Waals surface area contributed by atoms with E-state index in [2.05, 4.69) is 6.07 Å². The second-order valence-electron chi connectivity index (χ2n) is 8.34. The summed E-state index contributed by atoms with van der Waals surface area (Å²) in [6, 6.07) is 6.04. The fourth-order valence-electron chi connectivity index (χ4n) is 4.54. The fraction of sp³-hybridized carbons (Fsp3) is 0.591. The highest BCUT2D eigenvalue weighted by Gasteiger charge is 2.35. The first-order valence-electron chi connectivity index (χ1n) is 10.9. The van der Waals surface area contributed by atoms with Crippen LogP contribution >= 0.6 is 0 Å². The lowest BCUT2D eigenvalue weighted by atomic mass is 9.96. The number of rotatable bonds is 5. The van der Waals surface area contributed by atoms with Gasteiger partial charge in [0.2, 0.25) is 5.91 Å². The smallest absolute Gasteiger partial charge is 0.282 e. The second-order valence-corrected chi connectivity index (χ2v) is 10.3. The summed E-state index contributed by atoms with van der Waals surface area (Å²) < 4.78 is 34.6. The zero-order valence-corrected chi connectivity index (χ0v) is 18.4. The highest BCUT2D eigenvalue weighted by molar-refractivity contribution is 7.86. The van der Waals surface area contributed by atoms with Gasteiger partial charge in [-0.1, -0.05) is 25.3 Å². The third-order valence-corrected chi connectivity index (χ3v) is 8.51. The van der Waals surface area contributed by atoms with E-state index >= 15 is 0 Å². The molecule has 0 unspecified atom stereocenters. The monoisotopic (exact) mass is 433 g/mol. The molecule has 0 N–H and O–H groups in total. The van der Waals surface area contributed by atoms with Crippen LogP contribution in [0.1, 0.15) is 43.2 Å². The molecule has 8 heteroatoms. The number of carbonyl (C=O) groups is 1. The summed E-state index contributed by atoms with van der Waals surface area (Å²) in [5, 5.41) is 0. The number of hydrogen-bond acceptors (Lipinski definition) is 4. The number of ether oxygens (including phenoxy) is 1. The van der Waals surface area contributed by atoms with E-state index in [1.807, 2.05) is 18.2 Å². The third-order valence-electron chi connectivity index (χ3n) is 6.46. The highest BCUT2D eigenvalue weighted by Crippen LogP contribution is 2.27. The van der Waals surface area contributed by atoms with E-state index in [9.17, 15) is 13.2 Å². The molecule has 4 rings (SSSR count). The molecule has 2 fully saturated rings. The molecule has 1 saturated carbocycles. The van der Waals surface area contributed by atoms with Crippen molar-refractivity contribution in [1.82, 2.24) is 13.5 Å². The average molecular weight is 434 g/mol. The van der Waals surface area contributed by atoms with Crippen molar-refractivity contribution in [3.63, 3.8) is 0 Å². The first-order valence-corrected chi connectivity index (χ1v) is 12.3. The van der Waals surface area contributed by atoms with Gasteiger partial charge in [0, 0.05) is 51.8 Å². The van der Waals surface area contributed by atoms with Crippen molar-refractivity contribution in [2.45, 2.75) is 44.6 Å². The number of fused-ring (bicyclic) bond motifs is 1. The number of carbonyl (C=O) groups excluding carboxylic acids is 1. The Hall–Kier alpha value is -1.90. The van der Waals surface area contributed by atoms with Crippen LogP contribution in [0, 0.1) is 0 Å². The third kappa shape index (κ3) is 4.55. The summed E-state index contributed by atoms with van der Waals surface area (Å²) in [7, 11) is -1.77. The molecule has 1 amide bonds. The number of benzene rings is 1. The zero-order valence-electron chi connectivity index (χ0n) is 17.6. The molecule has 164 valence electrons. The minimum Gasteiger partial charge on any atom is -0.493 e. The Morgan fingerprint density at radius 1 is 1.13 bits per heavy atom. The summed E-state index contributed by atoms with van der Waals surface area (Å²) in [5.41, 5.74) is 2.15. The van der Waals surface area contributed by atoms with Gasteiger partial charge in [-0.05, 0) is 42.2 Å². The quantitative estimate of drug-likeness (QED) is 0.668. The fourth-order valence-corrected chi connectivity index (χ4v) is 6.11. The van der Waals surface area contributed by atoms with E-state index < -0.39 is 10.2 Å². The van der Waals surface area contributed by atoms with E-state index in [4.69, 9.17) is 4.74 Å². The summed E-state index contributed by atoms with van der Waals surface area (Å²) in [4.78, 5) is 14.3. The number of nitrogens with zero attached hydrogens (tertiary/aromatic N) is 3. The lowest BCUT2D eigenvalue weighted by Gasteiger charge is -2.38. The van der Waals surface area contributed by atoms with E-state index in [0.29, 0.717) is 32.8 Å². The molecule has 0 atom stereocenters. The molecule has 0 aromatic heterocycles. The Bertz CT molecular complexity index is 901. The van der Waals surface area contributed by atoms with E-state index in [1.165, 1.54) is 16.3 Å². The maximum atomic E-state index is 13.0. The Morgan fingerprint density at radius 3 is 2.60 bits per heavy atom.